The van der Waals surface area contributed by atoms with Crippen molar-refractivity contribution in [1.29, 1.82) is 0 Å². The number of aliphatic imine (C=N–C) groups is 1. The summed E-state index contributed by atoms with van der Waals surface area (Å²) in [4.78, 5) is 9.12. The number of nitrogens with zero attached hydrogens (tertiary/aromatic N) is 3. The van der Waals surface area contributed by atoms with Crippen LogP contribution in [-0.2, 0) is 0 Å². The van der Waals surface area contributed by atoms with Crippen LogP contribution in [0.5, 0.6) is 0 Å². The summed E-state index contributed by atoms with van der Waals surface area (Å²) in [5.41, 5.74) is 1.24. The Bertz CT molecular complexity index is 474. The van der Waals surface area contributed by atoms with Gasteiger partial charge in [-0.3, -0.25) is 9.89 Å². The first kappa shape index (κ1) is 17.6. The van der Waals surface area contributed by atoms with Gasteiger partial charge in [0.2, 0.25) is 0 Å². The molecule has 2 rings (SSSR count). The Morgan fingerprint density at radius 1 is 1.30 bits per heavy atom. The van der Waals surface area contributed by atoms with Crippen molar-refractivity contribution in [2.75, 3.05) is 51.7 Å². The first-order valence-corrected chi connectivity index (χ1v) is 8.69. The van der Waals surface area contributed by atoms with E-state index in [0.717, 1.165) is 32.1 Å². The Hall–Kier alpha value is -1.75. The highest BCUT2D eigenvalue weighted by Crippen LogP contribution is 2.15. The molecule has 0 spiro atoms. The number of likely N-dealkylation sites (tertiary alicyclic amines) is 1. The van der Waals surface area contributed by atoms with E-state index in [-0.39, 0.29) is 0 Å². The zero-order chi connectivity index (χ0) is 16.5. The van der Waals surface area contributed by atoms with Gasteiger partial charge in [-0.2, -0.15) is 0 Å². The van der Waals surface area contributed by atoms with Crippen molar-refractivity contribution in [3.05, 3.63) is 30.3 Å². The summed E-state index contributed by atoms with van der Waals surface area (Å²) in [7, 11) is 3.95. The largest absolute Gasteiger partial charge is 0.373 e. The molecule has 1 aliphatic heterocycles. The van der Waals surface area contributed by atoms with Crippen LogP contribution in [-0.4, -0.2) is 63.7 Å². The van der Waals surface area contributed by atoms with Gasteiger partial charge in [0.1, 0.15) is 0 Å². The Morgan fingerprint density at radius 2 is 2.09 bits per heavy atom. The van der Waals surface area contributed by atoms with Crippen molar-refractivity contribution in [1.82, 2.24) is 15.5 Å². The third kappa shape index (κ3) is 5.43. The van der Waals surface area contributed by atoms with Crippen LogP contribution in [0.15, 0.2) is 35.3 Å². The van der Waals surface area contributed by atoms with Crippen LogP contribution in [0.4, 0.5) is 5.69 Å². The summed E-state index contributed by atoms with van der Waals surface area (Å²) < 4.78 is 0. The molecule has 128 valence electrons. The molecule has 1 atom stereocenters. The number of nitrogens with one attached hydrogen (secondary N) is 2. The highest BCUT2D eigenvalue weighted by Gasteiger charge is 2.22. The van der Waals surface area contributed by atoms with Gasteiger partial charge in [0.25, 0.3) is 0 Å². The summed E-state index contributed by atoms with van der Waals surface area (Å²) in [5, 5.41) is 6.87. The van der Waals surface area contributed by atoms with E-state index in [1.54, 1.807) is 0 Å². The molecule has 0 radical (unpaired) electrons. The maximum Gasteiger partial charge on any atom is 0.191 e. The van der Waals surface area contributed by atoms with Crippen molar-refractivity contribution < 1.29 is 0 Å². The van der Waals surface area contributed by atoms with Gasteiger partial charge in [0.05, 0.1) is 0 Å². The second-order valence-corrected chi connectivity index (χ2v) is 6.06. The lowest BCUT2D eigenvalue weighted by molar-refractivity contribution is 0.267. The van der Waals surface area contributed by atoms with Crippen molar-refractivity contribution >= 4 is 11.6 Å². The molecule has 0 bridgehead atoms. The molecule has 2 N–H and O–H groups in total. The normalized spacial score (nSPS) is 18.9. The molecule has 5 nitrogen and oxygen atoms in total. The number of guanidine groups is 1. The summed E-state index contributed by atoms with van der Waals surface area (Å²) in [6, 6.07) is 11.1. The van der Waals surface area contributed by atoms with E-state index in [1.807, 2.05) is 13.1 Å². The molecule has 23 heavy (non-hydrogen) atoms. The predicted octanol–water partition coefficient (Wildman–Crippen LogP) is 1.77. The van der Waals surface area contributed by atoms with E-state index in [1.165, 1.54) is 25.1 Å². The van der Waals surface area contributed by atoms with E-state index in [4.69, 9.17) is 0 Å². The van der Waals surface area contributed by atoms with Crippen molar-refractivity contribution in [3.8, 4) is 0 Å². The van der Waals surface area contributed by atoms with Crippen LogP contribution in [0.25, 0.3) is 0 Å². The number of hydrogen-bond acceptors (Lipinski definition) is 3. The van der Waals surface area contributed by atoms with Crippen molar-refractivity contribution in [2.45, 2.75) is 25.8 Å². The van der Waals surface area contributed by atoms with E-state index >= 15 is 0 Å². The van der Waals surface area contributed by atoms with E-state index < -0.39 is 0 Å². The van der Waals surface area contributed by atoms with Crippen LogP contribution in [0.3, 0.4) is 0 Å². The molecule has 1 unspecified atom stereocenters. The smallest absolute Gasteiger partial charge is 0.191 e. The molecule has 0 saturated carbocycles. The fourth-order valence-electron chi connectivity index (χ4n) is 3.13. The van der Waals surface area contributed by atoms with E-state index in [2.05, 4.69) is 63.7 Å². The lowest BCUT2D eigenvalue weighted by atomic mass is 10.2. The number of benzene rings is 1. The number of rotatable bonds is 7. The molecule has 1 aromatic rings. The lowest BCUT2D eigenvalue weighted by Crippen LogP contribution is -2.46. The number of hydrogen-bond donors (Lipinski definition) is 2. The molecular formula is C18H31N5. The van der Waals surface area contributed by atoms with Crippen LogP contribution < -0.4 is 15.5 Å². The van der Waals surface area contributed by atoms with Crippen LogP contribution in [0, 0.1) is 0 Å². The summed E-state index contributed by atoms with van der Waals surface area (Å²) in [6.07, 6.45) is 2.60. The maximum atomic E-state index is 4.33. The van der Waals surface area contributed by atoms with Crippen molar-refractivity contribution in [3.63, 3.8) is 0 Å². The molecule has 1 fully saturated rings. The highest BCUT2D eigenvalue weighted by atomic mass is 15.2. The van der Waals surface area contributed by atoms with E-state index in [9.17, 15) is 0 Å². The summed E-state index contributed by atoms with van der Waals surface area (Å²) in [6.45, 7) is 7.40. The molecule has 0 aliphatic carbocycles. The average molecular weight is 317 g/mol. The molecule has 5 heteroatoms. The first-order valence-electron chi connectivity index (χ1n) is 8.69. The second kappa shape index (κ2) is 9.40. The summed E-state index contributed by atoms with van der Waals surface area (Å²) >= 11 is 0. The SMILES string of the molecule is CCN1CCCC1CNC(=NC)NCCN(C)c1ccccc1. The quantitative estimate of drug-likeness (QED) is 0.594. The van der Waals surface area contributed by atoms with Crippen LogP contribution >= 0.6 is 0 Å². The molecule has 1 heterocycles. The fourth-order valence-corrected chi connectivity index (χ4v) is 3.13. The minimum atomic E-state index is 0.644. The van der Waals surface area contributed by atoms with Gasteiger partial charge in [-0.05, 0) is 38.1 Å². The molecule has 1 saturated heterocycles. The Morgan fingerprint density at radius 3 is 2.78 bits per heavy atom. The van der Waals surface area contributed by atoms with Crippen LogP contribution in [0.1, 0.15) is 19.8 Å². The first-order chi connectivity index (χ1) is 11.2. The number of likely N-dealkylation sites (N-methyl/N-ethyl adjacent to an activating group) is 2. The maximum absolute atomic E-state index is 4.33. The Balaban J connectivity index is 1.69. The minimum absolute atomic E-state index is 0.644. The van der Waals surface area contributed by atoms with Gasteiger partial charge in [-0.1, -0.05) is 25.1 Å². The molecule has 1 aliphatic rings. The lowest BCUT2D eigenvalue weighted by Gasteiger charge is -2.24. The zero-order valence-electron chi connectivity index (χ0n) is 14.8. The van der Waals surface area contributed by atoms with Gasteiger partial charge in [0, 0.05) is 45.5 Å². The van der Waals surface area contributed by atoms with Gasteiger partial charge in [0.15, 0.2) is 5.96 Å². The summed E-state index contributed by atoms with van der Waals surface area (Å²) in [5.74, 6) is 0.898. The Kier molecular flexibility index (Phi) is 7.20. The molecule has 1 aromatic carbocycles. The average Bonchev–Trinajstić information content (AvgIpc) is 3.06. The standard InChI is InChI=1S/C18H31N5/c1-4-23-13-8-11-17(23)15-21-18(19-2)20-12-14-22(3)16-9-6-5-7-10-16/h5-7,9-10,17H,4,8,11-15H2,1-3H3,(H2,19,20,21). The molecule has 0 amide bonds. The third-order valence-electron chi connectivity index (χ3n) is 4.57. The monoisotopic (exact) mass is 317 g/mol. The predicted molar refractivity (Wildman–Crippen MR) is 99.3 cm³/mol. The highest BCUT2D eigenvalue weighted by molar-refractivity contribution is 5.79. The zero-order valence-corrected chi connectivity index (χ0v) is 14.8. The minimum Gasteiger partial charge on any atom is -0.373 e. The van der Waals surface area contributed by atoms with Gasteiger partial charge in [-0.15, -0.1) is 0 Å². The van der Waals surface area contributed by atoms with Gasteiger partial charge in [-0.25, -0.2) is 0 Å². The van der Waals surface area contributed by atoms with Crippen LogP contribution in [0.2, 0.25) is 0 Å². The van der Waals surface area contributed by atoms with E-state index in [0.29, 0.717) is 6.04 Å². The fraction of sp³-hybridized carbons (Fsp3) is 0.611. The molecular weight excluding hydrogens is 286 g/mol. The van der Waals surface area contributed by atoms with Gasteiger partial charge < -0.3 is 15.5 Å². The molecule has 0 aromatic heterocycles. The Labute approximate surface area is 140 Å². The topological polar surface area (TPSA) is 42.9 Å². The second-order valence-electron chi connectivity index (χ2n) is 6.06. The third-order valence-corrected chi connectivity index (χ3v) is 4.57. The van der Waals surface area contributed by atoms with Gasteiger partial charge >= 0.3 is 0 Å². The number of para-hydroxylation sites is 1. The number of anilines is 1. The van der Waals surface area contributed by atoms with Crippen molar-refractivity contribution in [2.24, 2.45) is 4.99 Å².